The highest BCUT2D eigenvalue weighted by Gasteiger charge is 2.24. The zero-order valence-corrected chi connectivity index (χ0v) is 28.4. The molecule has 9 aromatic carbocycles. The third kappa shape index (κ3) is 3.94. The van der Waals surface area contributed by atoms with E-state index in [0.29, 0.717) is 0 Å². The van der Waals surface area contributed by atoms with Gasteiger partial charge in [-0.2, -0.15) is 0 Å². The van der Waals surface area contributed by atoms with E-state index in [1.54, 1.807) is 0 Å². The number of hydrogen-bond acceptors (Lipinski definition) is 3. The van der Waals surface area contributed by atoms with Gasteiger partial charge >= 0.3 is 0 Å². The quantitative estimate of drug-likeness (QED) is 0.175. The van der Waals surface area contributed by atoms with Crippen molar-refractivity contribution in [1.29, 1.82) is 0 Å². The topological polar surface area (TPSA) is 39.4 Å². The van der Waals surface area contributed by atoms with Gasteiger partial charge in [-0.3, -0.25) is 0 Å². The fourth-order valence-electron chi connectivity index (χ4n) is 8.90. The lowest BCUT2D eigenvalue weighted by Gasteiger charge is -2.18. The monoisotopic (exact) mass is 676 g/mol. The maximum absolute atomic E-state index is 6.95. The summed E-state index contributed by atoms with van der Waals surface area (Å²) in [5.74, 6) is 0. The molecule has 3 nitrogen and oxygen atoms in total. The van der Waals surface area contributed by atoms with E-state index in [0.717, 1.165) is 115 Å². The van der Waals surface area contributed by atoms with E-state index in [-0.39, 0.29) is 0 Å². The Kier molecular flexibility index (Phi) is 5.77. The molecule has 53 heavy (non-hydrogen) atoms. The molecule has 0 radical (unpaired) electrons. The van der Waals surface area contributed by atoms with Gasteiger partial charge in [0, 0.05) is 54.6 Å². The Labute approximate surface area is 302 Å². The molecule has 0 aliphatic carbocycles. The SMILES string of the molecule is c1ccc2c(c1)oc1c(-c3c4ccccc4c(-c4ccc(-c5cccc6oc7ccccc7c56)c5c4oc4ccccc45)c4ccccc34)cccc12. The van der Waals surface area contributed by atoms with Crippen molar-refractivity contribution < 1.29 is 13.3 Å². The first-order chi connectivity index (χ1) is 26.3. The highest BCUT2D eigenvalue weighted by atomic mass is 16.3. The molecule has 0 saturated carbocycles. The molecular formula is C50H28O3. The molecule has 246 valence electrons. The van der Waals surface area contributed by atoms with Crippen molar-refractivity contribution in [2.24, 2.45) is 0 Å². The van der Waals surface area contributed by atoms with Crippen molar-refractivity contribution >= 4 is 87.4 Å². The van der Waals surface area contributed by atoms with Crippen LogP contribution in [0, 0.1) is 0 Å². The van der Waals surface area contributed by atoms with Gasteiger partial charge in [-0.25, -0.2) is 0 Å². The van der Waals surface area contributed by atoms with Crippen LogP contribution in [0.4, 0.5) is 0 Å². The molecule has 3 heteroatoms. The van der Waals surface area contributed by atoms with Crippen molar-refractivity contribution in [1.82, 2.24) is 0 Å². The lowest BCUT2D eigenvalue weighted by Crippen LogP contribution is -1.92. The second kappa shape index (κ2) is 10.7. The predicted octanol–water partition coefficient (Wildman–Crippen LogP) is 14.7. The minimum absolute atomic E-state index is 0.863. The maximum Gasteiger partial charge on any atom is 0.143 e. The molecule has 0 atom stereocenters. The summed E-state index contributed by atoms with van der Waals surface area (Å²) in [5, 5.41) is 11.3. The van der Waals surface area contributed by atoms with Crippen molar-refractivity contribution in [2.75, 3.05) is 0 Å². The molecular weight excluding hydrogens is 649 g/mol. The van der Waals surface area contributed by atoms with Crippen molar-refractivity contribution in [3.05, 3.63) is 170 Å². The molecule has 0 aliphatic heterocycles. The third-order valence-corrected chi connectivity index (χ3v) is 11.1. The van der Waals surface area contributed by atoms with Gasteiger partial charge < -0.3 is 13.3 Å². The number of hydrogen-bond donors (Lipinski definition) is 0. The van der Waals surface area contributed by atoms with Gasteiger partial charge in [-0.15, -0.1) is 0 Å². The lowest BCUT2D eigenvalue weighted by atomic mass is 9.84. The van der Waals surface area contributed by atoms with E-state index >= 15 is 0 Å². The highest BCUT2D eigenvalue weighted by Crippen LogP contribution is 2.50. The summed E-state index contributed by atoms with van der Waals surface area (Å²) in [7, 11) is 0. The minimum Gasteiger partial charge on any atom is -0.456 e. The molecule has 0 spiro atoms. The number of furan rings is 3. The van der Waals surface area contributed by atoms with Crippen LogP contribution in [0.2, 0.25) is 0 Å². The predicted molar refractivity (Wildman–Crippen MR) is 220 cm³/mol. The van der Waals surface area contributed by atoms with E-state index in [2.05, 4.69) is 146 Å². The summed E-state index contributed by atoms with van der Waals surface area (Å²) < 4.78 is 19.9. The second-order valence-corrected chi connectivity index (χ2v) is 13.9. The highest BCUT2D eigenvalue weighted by molar-refractivity contribution is 6.28. The molecule has 3 aromatic heterocycles. The van der Waals surface area contributed by atoms with Crippen molar-refractivity contribution in [2.45, 2.75) is 0 Å². The van der Waals surface area contributed by atoms with Crippen LogP contribution in [0.3, 0.4) is 0 Å². The summed E-state index contributed by atoms with van der Waals surface area (Å²) in [6.07, 6.45) is 0. The summed E-state index contributed by atoms with van der Waals surface area (Å²) in [6, 6.07) is 59.9. The summed E-state index contributed by atoms with van der Waals surface area (Å²) in [6.45, 7) is 0. The van der Waals surface area contributed by atoms with E-state index in [4.69, 9.17) is 13.3 Å². The Morgan fingerprint density at radius 3 is 1.28 bits per heavy atom. The van der Waals surface area contributed by atoms with Crippen LogP contribution in [0.15, 0.2) is 183 Å². The Balaban J connectivity index is 1.20. The minimum atomic E-state index is 0.863. The van der Waals surface area contributed by atoms with Gasteiger partial charge in [0.2, 0.25) is 0 Å². The number of fused-ring (bicyclic) bond motifs is 11. The maximum atomic E-state index is 6.95. The Bertz CT molecular complexity index is 3410. The van der Waals surface area contributed by atoms with Gasteiger partial charge in [0.25, 0.3) is 0 Å². The average Bonchev–Trinajstić information content (AvgIpc) is 3.92. The van der Waals surface area contributed by atoms with Crippen LogP contribution >= 0.6 is 0 Å². The molecule has 0 unspecified atom stereocenters. The smallest absolute Gasteiger partial charge is 0.143 e. The first-order valence-electron chi connectivity index (χ1n) is 18.0. The van der Waals surface area contributed by atoms with Gasteiger partial charge in [0.15, 0.2) is 0 Å². The van der Waals surface area contributed by atoms with E-state index in [9.17, 15) is 0 Å². The van der Waals surface area contributed by atoms with Gasteiger partial charge in [-0.1, -0.05) is 140 Å². The van der Waals surface area contributed by atoms with Crippen molar-refractivity contribution in [3.63, 3.8) is 0 Å². The zero-order chi connectivity index (χ0) is 34.6. The van der Waals surface area contributed by atoms with Crippen LogP contribution in [0.1, 0.15) is 0 Å². The largest absolute Gasteiger partial charge is 0.456 e. The molecule has 0 saturated heterocycles. The van der Waals surface area contributed by atoms with Crippen LogP contribution in [0.25, 0.3) is 121 Å². The Morgan fingerprint density at radius 1 is 0.226 bits per heavy atom. The van der Waals surface area contributed by atoms with Gasteiger partial charge in [0.1, 0.15) is 33.5 Å². The van der Waals surface area contributed by atoms with Crippen LogP contribution in [-0.4, -0.2) is 0 Å². The number of benzene rings is 9. The first kappa shape index (κ1) is 28.6. The normalized spacial score (nSPS) is 12.2. The van der Waals surface area contributed by atoms with Gasteiger partial charge in [0.05, 0.1) is 0 Å². The molecule has 0 bridgehead atoms. The van der Waals surface area contributed by atoms with Crippen LogP contribution < -0.4 is 0 Å². The fourth-order valence-corrected chi connectivity index (χ4v) is 8.90. The van der Waals surface area contributed by atoms with Crippen LogP contribution in [-0.2, 0) is 0 Å². The molecule has 0 N–H and O–H groups in total. The summed E-state index contributed by atoms with van der Waals surface area (Å²) in [4.78, 5) is 0. The molecule has 0 aliphatic rings. The molecule has 3 heterocycles. The lowest BCUT2D eigenvalue weighted by molar-refractivity contribution is 0.668. The second-order valence-electron chi connectivity index (χ2n) is 13.9. The average molecular weight is 677 g/mol. The Hall–Kier alpha value is -7.10. The first-order valence-corrected chi connectivity index (χ1v) is 18.0. The standard InChI is InChI=1S/C50H28O3/c1-3-16-32-30(14-1)45(39-22-11-21-36-29-13-5-8-23-41(29)52-49(36)39)31-15-2-4-17-33(31)46(32)40-28-27-35(48-38-19-7-10-25-43(38)53-50(40)48)34-20-12-26-44-47(34)37-18-6-9-24-42(37)51-44/h1-28H. The van der Waals surface area contributed by atoms with Crippen molar-refractivity contribution in [3.8, 4) is 33.4 Å². The van der Waals surface area contributed by atoms with E-state index in [1.165, 1.54) is 5.56 Å². The number of para-hydroxylation sites is 4. The zero-order valence-electron chi connectivity index (χ0n) is 28.4. The third-order valence-electron chi connectivity index (χ3n) is 11.1. The Morgan fingerprint density at radius 2 is 0.623 bits per heavy atom. The molecule has 12 rings (SSSR count). The van der Waals surface area contributed by atoms with Gasteiger partial charge in [-0.05, 0) is 63.0 Å². The summed E-state index contributed by atoms with van der Waals surface area (Å²) in [5.41, 5.74) is 12.0. The molecule has 0 fully saturated rings. The van der Waals surface area contributed by atoms with E-state index in [1.807, 2.05) is 24.3 Å². The molecule has 12 aromatic rings. The fraction of sp³-hybridized carbons (Fsp3) is 0. The summed E-state index contributed by atoms with van der Waals surface area (Å²) >= 11 is 0. The van der Waals surface area contributed by atoms with Crippen LogP contribution in [0.5, 0.6) is 0 Å². The number of rotatable bonds is 3. The van der Waals surface area contributed by atoms with E-state index < -0.39 is 0 Å². The molecule has 0 amide bonds.